The van der Waals surface area contributed by atoms with Crippen molar-refractivity contribution >= 4 is 10.0 Å². The molecule has 0 unspecified atom stereocenters. The van der Waals surface area contributed by atoms with E-state index in [-0.39, 0.29) is 23.3 Å². The van der Waals surface area contributed by atoms with Gasteiger partial charge in [-0.25, -0.2) is 13.1 Å². The third kappa shape index (κ3) is 2.74. The van der Waals surface area contributed by atoms with E-state index in [0.717, 1.165) is 0 Å². The lowest BCUT2D eigenvalue weighted by Gasteiger charge is -2.11. The zero-order valence-electron chi connectivity index (χ0n) is 11.7. The number of hydrogen-bond donors (Lipinski definition) is 2. The van der Waals surface area contributed by atoms with Gasteiger partial charge in [-0.15, -0.1) is 0 Å². The number of furan rings is 1. The second-order valence-electron chi connectivity index (χ2n) is 5.29. The highest BCUT2D eigenvalue weighted by Crippen LogP contribution is 2.25. The highest BCUT2D eigenvalue weighted by Gasteiger charge is 2.28. The van der Waals surface area contributed by atoms with Crippen molar-refractivity contribution < 1.29 is 17.9 Å². The molecular formula is C15H17NO4S. The summed E-state index contributed by atoms with van der Waals surface area (Å²) in [6.07, 6.45) is 1.39. The highest BCUT2D eigenvalue weighted by atomic mass is 32.2. The van der Waals surface area contributed by atoms with Gasteiger partial charge in [0, 0.05) is 12.1 Å². The van der Waals surface area contributed by atoms with E-state index in [4.69, 9.17) is 9.52 Å². The standard InChI is InChI=1S/C15H17NO4S/c1-10-15(8-14(9-17)20-10)21(18,19)16-13-6-11-4-2-3-5-12(11)7-13/h2-5,8,13,16-17H,6-7,9H2,1H3. The molecular weight excluding hydrogens is 290 g/mol. The summed E-state index contributed by atoms with van der Waals surface area (Å²) in [5.74, 6) is 0.546. The van der Waals surface area contributed by atoms with Crippen LogP contribution in [-0.2, 0) is 29.5 Å². The third-order valence-corrected chi connectivity index (χ3v) is 5.37. The van der Waals surface area contributed by atoms with E-state index in [1.165, 1.54) is 17.2 Å². The number of fused-ring (bicyclic) bond motifs is 1. The molecule has 0 saturated heterocycles. The number of rotatable bonds is 4. The predicted molar refractivity (Wildman–Crippen MR) is 77.3 cm³/mol. The number of aliphatic hydroxyl groups excluding tert-OH is 1. The summed E-state index contributed by atoms with van der Waals surface area (Å²) < 4.78 is 32.8. The predicted octanol–water partition coefficient (Wildman–Crippen LogP) is 1.53. The first-order chi connectivity index (χ1) is 9.99. The Morgan fingerprint density at radius 3 is 2.43 bits per heavy atom. The minimum atomic E-state index is -3.64. The summed E-state index contributed by atoms with van der Waals surface area (Å²) in [6, 6.07) is 9.21. The van der Waals surface area contributed by atoms with E-state index in [9.17, 15) is 8.42 Å². The van der Waals surface area contributed by atoms with Gasteiger partial charge in [0.05, 0.1) is 0 Å². The lowest BCUT2D eigenvalue weighted by Crippen LogP contribution is -2.35. The monoisotopic (exact) mass is 307 g/mol. The van der Waals surface area contributed by atoms with Crippen molar-refractivity contribution in [2.45, 2.75) is 37.3 Å². The second kappa shape index (κ2) is 5.29. The fourth-order valence-corrected chi connectivity index (χ4v) is 4.23. The number of hydrogen-bond acceptors (Lipinski definition) is 4. The van der Waals surface area contributed by atoms with Gasteiger partial charge in [-0.05, 0) is 30.9 Å². The molecule has 6 heteroatoms. The van der Waals surface area contributed by atoms with Gasteiger partial charge in [0.25, 0.3) is 0 Å². The van der Waals surface area contributed by atoms with Crippen LogP contribution in [0.1, 0.15) is 22.6 Å². The van der Waals surface area contributed by atoms with Gasteiger partial charge in [0.1, 0.15) is 23.0 Å². The van der Waals surface area contributed by atoms with Crippen molar-refractivity contribution in [2.75, 3.05) is 0 Å². The van der Waals surface area contributed by atoms with Gasteiger partial charge in [-0.2, -0.15) is 0 Å². The summed E-state index contributed by atoms with van der Waals surface area (Å²) in [7, 11) is -3.64. The van der Waals surface area contributed by atoms with Gasteiger partial charge in [-0.3, -0.25) is 0 Å². The van der Waals surface area contributed by atoms with Crippen molar-refractivity contribution in [3.8, 4) is 0 Å². The Balaban J connectivity index is 1.80. The summed E-state index contributed by atoms with van der Waals surface area (Å²) in [6.45, 7) is 1.27. The summed E-state index contributed by atoms with van der Waals surface area (Å²) >= 11 is 0. The zero-order chi connectivity index (χ0) is 15.0. The molecule has 1 aliphatic rings. The third-order valence-electron chi connectivity index (χ3n) is 3.74. The molecule has 0 atom stereocenters. The first kappa shape index (κ1) is 14.3. The molecule has 1 aliphatic carbocycles. The normalized spacial score (nSPS) is 15.3. The maximum Gasteiger partial charge on any atom is 0.244 e. The van der Waals surface area contributed by atoms with Gasteiger partial charge in [0.2, 0.25) is 10.0 Å². The number of aliphatic hydroxyl groups is 1. The number of nitrogens with one attached hydrogen (secondary N) is 1. The molecule has 5 nitrogen and oxygen atoms in total. The lowest BCUT2D eigenvalue weighted by molar-refractivity contribution is 0.244. The molecule has 112 valence electrons. The van der Waals surface area contributed by atoms with E-state index >= 15 is 0 Å². The maximum absolute atomic E-state index is 12.4. The van der Waals surface area contributed by atoms with Crippen LogP contribution in [0.15, 0.2) is 39.6 Å². The Bertz CT molecular complexity index is 739. The van der Waals surface area contributed by atoms with Crippen LogP contribution in [0.25, 0.3) is 0 Å². The van der Waals surface area contributed by atoms with Crippen LogP contribution in [0.3, 0.4) is 0 Å². The van der Waals surface area contributed by atoms with Gasteiger partial charge in [-0.1, -0.05) is 24.3 Å². The van der Waals surface area contributed by atoms with Crippen LogP contribution in [0.4, 0.5) is 0 Å². The Kier molecular flexibility index (Phi) is 3.61. The largest absolute Gasteiger partial charge is 0.462 e. The van der Waals surface area contributed by atoms with E-state index in [1.807, 2.05) is 24.3 Å². The van der Waals surface area contributed by atoms with Gasteiger partial charge < -0.3 is 9.52 Å². The van der Waals surface area contributed by atoms with Crippen LogP contribution in [0, 0.1) is 6.92 Å². The zero-order valence-corrected chi connectivity index (χ0v) is 12.5. The molecule has 1 aromatic carbocycles. The Morgan fingerprint density at radius 2 is 1.90 bits per heavy atom. The van der Waals surface area contributed by atoms with Crippen molar-refractivity contribution in [1.82, 2.24) is 4.72 Å². The van der Waals surface area contributed by atoms with Crippen LogP contribution in [0.2, 0.25) is 0 Å². The van der Waals surface area contributed by atoms with Crippen molar-refractivity contribution in [3.05, 3.63) is 53.0 Å². The molecule has 0 amide bonds. The van der Waals surface area contributed by atoms with E-state index in [1.54, 1.807) is 6.92 Å². The summed E-state index contributed by atoms with van der Waals surface area (Å²) in [5.41, 5.74) is 2.37. The molecule has 0 radical (unpaired) electrons. The lowest BCUT2D eigenvalue weighted by atomic mass is 10.1. The molecule has 0 bridgehead atoms. The Hall–Kier alpha value is -1.63. The summed E-state index contributed by atoms with van der Waals surface area (Å²) in [5, 5.41) is 9.03. The maximum atomic E-state index is 12.4. The fraction of sp³-hybridized carbons (Fsp3) is 0.333. The molecule has 0 saturated carbocycles. The molecule has 2 aromatic rings. The Labute approximate surface area is 123 Å². The SMILES string of the molecule is Cc1oc(CO)cc1S(=O)(=O)NC1Cc2ccccc2C1. The smallest absolute Gasteiger partial charge is 0.244 e. The molecule has 3 rings (SSSR count). The minimum absolute atomic E-state index is 0.0995. The number of aryl methyl sites for hydroxylation is 1. The number of benzene rings is 1. The van der Waals surface area contributed by atoms with Crippen molar-refractivity contribution in [2.24, 2.45) is 0 Å². The van der Waals surface area contributed by atoms with Crippen molar-refractivity contribution in [3.63, 3.8) is 0 Å². The Morgan fingerprint density at radius 1 is 1.29 bits per heavy atom. The van der Waals surface area contributed by atoms with Crippen LogP contribution in [-0.4, -0.2) is 19.6 Å². The molecule has 1 heterocycles. The average molecular weight is 307 g/mol. The molecule has 2 N–H and O–H groups in total. The molecule has 0 fully saturated rings. The van der Waals surface area contributed by atoms with E-state index in [0.29, 0.717) is 18.6 Å². The molecule has 1 aromatic heterocycles. The van der Waals surface area contributed by atoms with Crippen molar-refractivity contribution in [1.29, 1.82) is 0 Å². The first-order valence-corrected chi connectivity index (χ1v) is 8.27. The van der Waals surface area contributed by atoms with Gasteiger partial charge >= 0.3 is 0 Å². The highest BCUT2D eigenvalue weighted by molar-refractivity contribution is 7.89. The van der Waals surface area contributed by atoms with Gasteiger partial charge in [0.15, 0.2) is 0 Å². The second-order valence-corrected chi connectivity index (χ2v) is 6.97. The first-order valence-electron chi connectivity index (χ1n) is 6.79. The van der Waals surface area contributed by atoms with Crippen LogP contribution < -0.4 is 4.72 Å². The molecule has 0 aliphatic heterocycles. The fourth-order valence-electron chi connectivity index (χ4n) is 2.79. The number of sulfonamides is 1. The molecule has 0 spiro atoms. The topological polar surface area (TPSA) is 79.5 Å². The minimum Gasteiger partial charge on any atom is -0.462 e. The van der Waals surface area contributed by atoms with E-state index in [2.05, 4.69) is 4.72 Å². The van der Waals surface area contributed by atoms with E-state index < -0.39 is 10.0 Å². The molecule has 21 heavy (non-hydrogen) atoms. The quantitative estimate of drug-likeness (QED) is 0.897. The summed E-state index contributed by atoms with van der Waals surface area (Å²) in [4.78, 5) is 0.0995. The average Bonchev–Trinajstić information content (AvgIpc) is 3.00. The van der Waals surface area contributed by atoms with Crippen LogP contribution >= 0.6 is 0 Å². The van der Waals surface area contributed by atoms with Crippen LogP contribution in [0.5, 0.6) is 0 Å².